The molecule has 0 radical (unpaired) electrons. The fraction of sp³-hybridized carbons (Fsp3) is 0.235. The first-order valence-corrected chi connectivity index (χ1v) is 6.85. The molecule has 3 nitrogen and oxygen atoms in total. The van der Waals surface area contributed by atoms with E-state index in [9.17, 15) is 0 Å². The predicted octanol–water partition coefficient (Wildman–Crippen LogP) is 3.73. The smallest absolute Gasteiger partial charge is 0.125 e. The Labute approximate surface area is 118 Å². The van der Waals surface area contributed by atoms with Crippen LogP contribution in [-0.2, 0) is 6.54 Å². The third kappa shape index (κ3) is 2.39. The molecule has 2 aromatic carbocycles. The van der Waals surface area contributed by atoms with Crippen molar-refractivity contribution in [3.63, 3.8) is 0 Å². The van der Waals surface area contributed by atoms with Gasteiger partial charge < -0.3 is 4.74 Å². The monoisotopic (exact) mass is 266 g/mol. The van der Waals surface area contributed by atoms with Gasteiger partial charge in [0, 0.05) is 5.39 Å². The van der Waals surface area contributed by atoms with Crippen LogP contribution in [0.15, 0.2) is 48.7 Å². The third-order valence-corrected chi connectivity index (χ3v) is 3.51. The molecule has 0 amide bonds. The van der Waals surface area contributed by atoms with Crippen molar-refractivity contribution in [2.45, 2.75) is 20.4 Å². The Bertz CT molecular complexity index is 710. The van der Waals surface area contributed by atoms with Gasteiger partial charge in [-0.1, -0.05) is 36.4 Å². The molecule has 3 heteroatoms. The maximum absolute atomic E-state index is 5.93. The zero-order chi connectivity index (χ0) is 13.9. The van der Waals surface area contributed by atoms with Crippen LogP contribution in [0.3, 0.4) is 0 Å². The molecule has 0 saturated carbocycles. The summed E-state index contributed by atoms with van der Waals surface area (Å²) in [6, 6.07) is 14.4. The van der Waals surface area contributed by atoms with Crippen molar-refractivity contribution >= 4 is 10.9 Å². The number of aryl methyl sites for hydroxylation is 2. The molecule has 20 heavy (non-hydrogen) atoms. The molecule has 0 N–H and O–H groups in total. The standard InChI is InChI=1S/C17H18N2O/c1-13-6-5-7-14(2)17(13)20-11-10-19-16-9-4-3-8-15(16)12-18-19/h3-9,12H,10-11H2,1-2H3. The van der Waals surface area contributed by atoms with Gasteiger partial charge in [-0.15, -0.1) is 0 Å². The largest absolute Gasteiger partial charge is 0.491 e. The van der Waals surface area contributed by atoms with E-state index in [0.717, 1.165) is 17.8 Å². The van der Waals surface area contributed by atoms with E-state index in [2.05, 4.69) is 49.3 Å². The fourth-order valence-corrected chi connectivity index (χ4v) is 2.47. The van der Waals surface area contributed by atoms with Gasteiger partial charge in [0.2, 0.25) is 0 Å². The normalized spacial score (nSPS) is 10.9. The summed E-state index contributed by atoms with van der Waals surface area (Å²) in [5.41, 5.74) is 3.50. The molecule has 0 bridgehead atoms. The van der Waals surface area contributed by atoms with Gasteiger partial charge in [-0.3, -0.25) is 4.68 Å². The molecular weight excluding hydrogens is 248 g/mol. The molecule has 1 aromatic heterocycles. The number of hydrogen-bond acceptors (Lipinski definition) is 2. The molecule has 0 spiro atoms. The number of benzene rings is 2. The highest BCUT2D eigenvalue weighted by Gasteiger charge is 2.05. The Morgan fingerprint density at radius 2 is 1.75 bits per heavy atom. The molecule has 3 rings (SSSR count). The van der Waals surface area contributed by atoms with Crippen molar-refractivity contribution in [3.05, 3.63) is 59.8 Å². The number of nitrogens with zero attached hydrogens (tertiary/aromatic N) is 2. The minimum Gasteiger partial charge on any atom is -0.491 e. The average Bonchev–Trinajstić information content (AvgIpc) is 2.86. The zero-order valence-electron chi connectivity index (χ0n) is 11.8. The summed E-state index contributed by atoms with van der Waals surface area (Å²) < 4.78 is 7.92. The molecule has 3 aromatic rings. The summed E-state index contributed by atoms with van der Waals surface area (Å²) in [7, 11) is 0. The molecule has 0 fully saturated rings. The summed E-state index contributed by atoms with van der Waals surface area (Å²) in [6.07, 6.45) is 1.90. The van der Waals surface area contributed by atoms with E-state index in [4.69, 9.17) is 4.74 Å². The highest BCUT2D eigenvalue weighted by molar-refractivity contribution is 5.78. The molecule has 0 aliphatic rings. The summed E-state index contributed by atoms with van der Waals surface area (Å²) >= 11 is 0. The Hall–Kier alpha value is -2.29. The second-order valence-electron chi connectivity index (χ2n) is 5.00. The number of hydrogen-bond donors (Lipinski definition) is 0. The van der Waals surface area contributed by atoms with Crippen molar-refractivity contribution in [3.8, 4) is 5.75 Å². The highest BCUT2D eigenvalue weighted by Crippen LogP contribution is 2.22. The van der Waals surface area contributed by atoms with Crippen LogP contribution in [-0.4, -0.2) is 16.4 Å². The van der Waals surface area contributed by atoms with Crippen LogP contribution in [0, 0.1) is 13.8 Å². The Morgan fingerprint density at radius 1 is 1.00 bits per heavy atom. The van der Waals surface area contributed by atoms with E-state index in [0.29, 0.717) is 6.61 Å². The van der Waals surface area contributed by atoms with Gasteiger partial charge in [0.1, 0.15) is 12.4 Å². The molecule has 1 heterocycles. The van der Waals surface area contributed by atoms with Crippen molar-refractivity contribution in [2.75, 3.05) is 6.61 Å². The van der Waals surface area contributed by atoms with Gasteiger partial charge in [-0.05, 0) is 31.0 Å². The van der Waals surface area contributed by atoms with Crippen LogP contribution in [0.2, 0.25) is 0 Å². The molecular formula is C17H18N2O. The number of rotatable bonds is 4. The lowest BCUT2D eigenvalue weighted by molar-refractivity contribution is 0.290. The number of fused-ring (bicyclic) bond motifs is 1. The summed E-state index contributed by atoms with van der Waals surface area (Å²) in [6.45, 7) is 5.52. The summed E-state index contributed by atoms with van der Waals surface area (Å²) in [4.78, 5) is 0. The first kappa shape index (κ1) is 12.7. The maximum atomic E-state index is 5.93. The van der Waals surface area contributed by atoms with Gasteiger partial charge in [-0.25, -0.2) is 0 Å². The van der Waals surface area contributed by atoms with Crippen molar-refractivity contribution < 1.29 is 4.74 Å². The van der Waals surface area contributed by atoms with Gasteiger partial charge in [0.25, 0.3) is 0 Å². The molecule has 0 unspecified atom stereocenters. The quantitative estimate of drug-likeness (QED) is 0.719. The van der Waals surface area contributed by atoms with Crippen LogP contribution in [0.1, 0.15) is 11.1 Å². The molecule has 0 saturated heterocycles. The van der Waals surface area contributed by atoms with Crippen molar-refractivity contribution in [1.29, 1.82) is 0 Å². The number of ether oxygens (including phenoxy) is 1. The first-order chi connectivity index (χ1) is 9.75. The van der Waals surface area contributed by atoms with Crippen LogP contribution >= 0.6 is 0 Å². The van der Waals surface area contributed by atoms with Crippen molar-refractivity contribution in [2.24, 2.45) is 0 Å². The van der Waals surface area contributed by atoms with Gasteiger partial charge >= 0.3 is 0 Å². The lowest BCUT2D eigenvalue weighted by Gasteiger charge is -2.12. The minimum absolute atomic E-state index is 0.622. The van der Waals surface area contributed by atoms with E-state index in [-0.39, 0.29) is 0 Å². The molecule has 0 aliphatic heterocycles. The third-order valence-electron chi connectivity index (χ3n) is 3.51. The summed E-state index contributed by atoms with van der Waals surface area (Å²) in [5, 5.41) is 5.57. The Kier molecular flexibility index (Phi) is 3.42. The first-order valence-electron chi connectivity index (χ1n) is 6.85. The lowest BCUT2D eigenvalue weighted by atomic mass is 10.1. The minimum atomic E-state index is 0.622. The second-order valence-corrected chi connectivity index (χ2v) is 5.00. The lowest BCUT2D eigenvalue weighted by Crippen LogP contribution is -2.10. The molecule has 102 valence electrons. The van der Waals surface area contributed by atoms with Gasteiger partial charge in [0.05, 0.1) is 18.3 Å². The van der Waals surface area contributed by atoms with E-state index in [1.807, 2.05) is 23.0 Å². The van der Waals surface area contributed by atoms with Gasteiger partial charge in [-0.2, -0.15) is 5.10 Å². The van der Waals surface area contributed by atoms with Crippen LogP contribution in [0.4, 0.5) is 0 Å². The summed E-state index contributed by atoms with van der Waals surface area (Å²) in [5.74, 6) is 0.990. The van der Waals surface area contributed by atoms with E-state index < -0.39 is 0 Å². The topological polar surface area (TPSA) is 27.1 Å². The van der Waals surface area contributed by atoms with Crippen molar-refractivity contribution in [1.82, 2.24) is 9.78 Å². The van der Waals surface area contributed by atoms with Crippen LogP contribution < -0.4 is 4.74 Å². The van der Waals surface area contributed by atoms with Gasteiger partial charge in [0.15, 0.2) is 0 Å². The number of aromatic nitrogens is 2. The fourth-order valence-electron chi connectivity index (χ4n) is 2.47. The van der Waals surface area contributed by atoms with E-state index in [1.54, 1.807) is 0 Å². The second kappa shape index (κ2) is 5.37. The average molecular weight is 266 g/mol. The van der Waals surface area contributed by atoms with E-state index in [1.165, 1.54) is 16.5 Å². The predicted molar refractivity (Wildman–Crippen MR) is 81.1 cm³/mol. The Balaban J connectivity index is 1.71. The van der Waals surface area contributed by atoms with Crippen LogP contribution in [0.5, 0.6) is 5.75 Å². The highest BCUT2D eigenvalue weighted by atomic mass is 16.5. The van der Waals surface area contributed by atoms with Crippen LogP contribution in [0.25, 0.3) is 10.9 Å². The SMILES string of the molecule is Cc1cccc(C)c1OCCn1ncc2ccccc21. The zero-order valence-corrected chi connectivity index (χ0v) is 11.8. The van der Waals surface area contributed by atoms with E-state index >= 15 is 0 Å². The maximum Gasteiger partial charge on any atom is 0.125 e. The molecule has 0 aliphatic carbocycles. The molecule has 0 atom stereocenters. The Morgan fingerprint density at radius 3 is 2.55 bits per heavy atom. The number of para-hydroxylation sites is 2.